The van der Waals surface area contributed by atoms with Gasteiger partial charge in [-0.1, -0.05) is 0 Å². The summed E-state index contributed by atoms with van der Waals surface area (Å²) in [6, 6.07) is 3.76. The number of hydrogen-bond donors (Lipinski definition) is 1. The van der Waals surface area contributed by atoms with Gasteiger partial charge >= 0.3 is 5.97 Å². The minimum Gasteiger partial charge on any atom is -0.480 e. The number of nitrogens with zero attached hydrogens (tertiary/aromatic N) is 3. The second kappa shape index (κ2) is 6.09. The van der Waals surface area contributed by atoms with E-state index in [9.17, 15) is 9.59 Å². The number of carbonyl (C=O) groups excluding carboxylic acids is 1. The number of rotatable bonds is 5. The zero-order valence-electron chi connectivity index (χ0n) is 12.0. The molecule has 1 amide bonds. The van der Waals surface area contributed by atoms with Crippen LogP contribution in [-0.4, -0.2) is 64.6 Å². The number of aromatic nitrogens is 1. The van der Waals surface area contributed by atoms with Crippen molar-refractivity contribution in [2.45, 2.75) is 25.4 Å². The maximum absolute atomic E-state index is 12.4. The summed E-state index contributed by atoms with van der Waals surface area (Å²) >= 11 is 0. The van der Waals surface area contributed by atoms with Crippen LogP contribution in [0.25, 0.3) is 0 Å². The van der Waals surface area contributed by atoms with E-state index in [1.165, 1.54) is 11.0 Å². The smallest absolute Gasteiger partial charge is 0.323 e. The van der Waals surface area contributed by atoms with Gasteiger partial charge in [-0.05, 0) is 38.6 Å². The Kier molecular flexibility index (Phi) is 4.44. The molecule has 0 saturated carbocycles. The first-order valence-electron chi connectivity index (χ1n) is 6.81. The number of carboxylic acids is 1. The summed E-state index contributed by atoms with van der Waals surface area (Å²) in [6.45, 7) is 1.56. The van der Waals surface area contributed by atoms with Crippen LogP contribution in [0.5, 0.6) is 0 Å². The molecule has 20 heavy (non-hydrogen) atoms. The number of hydrogen-bond acceptors (Lipinski definition) is 3. The lowest BCUT2D eigenvalue weighted by Crippen LogP contribution is -2.40. The van der Waals surface area contributed by atoms with Crippen LogP contribution < -0.4 is 0 Å². The van der Waals surface area contributed by atoms with E-state index in [0.29, 0.717) is 18.3 Å². The molecule has 1 unspecified atom stereocenters. The number of carboxylic acid groups (broad SMARTS) is 1. The van der Waals surface area contributed by atoms with Gasteiger partial charge in [0, 0.05) is 25.8 Å². The lowest BCUT2D eigenvalue weighted by Gasteiger charge is -2.26. The number of amides is 1. The molecular formula is C14H21N3O3. The van der Waals surface area contributed by atoms with Crippen molar-refractivity contribution in [1.82, 2.24) is 14.4 Å². The van der Waals surface area contributed by atoms with Gasteiger partial charge in [0.25, 0.3) is 5.91 Å². The molecule has 0 bridgehead atoms. The summed E-state index contributed by atoms with van der Waals surface area (Å²) in [5.74, 6) is -1.08. The Balaban J connectivity index is 2.03. The summed E-state index contributed by atoms with van der Waals surface area (Å²) in [5.41, 5.74) is 0.426. The predicted molar refractivity (Wildman–Crippen MR) is 74.7 cm³/mol. The number of likely N-dealkylation sites (tertiary alicyclic amines) is 1. The lowest BCUT2D eigenvalue weighted by atomic mass is 10.2. The zero-order chi connectivity index (χ0) is 14.7. The van der Waals surface area contributed by atoms with Gasteiger partial charge in [-0.25, -0.2) is 0 Å². The molecule has 2 heterocycles. The monoisotopic (exact) mass is 279 g/mol. The lowest BCUT2D eigenvalue weighted by molar-refractivity contribution is -0.137. The zero-order valence-corrected chi connectivity index (χ0v) is 12.0. The molecule has 1 N–H and O–H groups in total. The third kappa shape index (κ3) is 3.19. The van der Waals surface area contributed by atoms with Crippen molar-refractivity contribution in [3.63, 3.8) is 0 Å². The van der Waals surface area contributed by atoms with E-state index in [1.54, 1.807) is 30.3 Å². The summed E-state index contributed by atoms with van der Waals surface area (Å²) in [5, 5.41) is 8.84. The van der Waals surface area contributed by atoms with Gasteiger partial charge in [0.1, 0.15) is 12.2 Å². The normalized spacial score (nSPS) is 19.2. The Bertz CT molecular complexity index is 498. The van der Waals surface area contributed by atoms with Crippen molar-refractivity contribution >= 4 is 11.9 Å². The molecule has 1 saturated heterocycles. The molecule has 1 aromatic rings. The van der Waals surface area contributed by atoms with E-state index in [2.05, 4.69) is 11.9 Å². The average molecular weight is 279 g/mol. The fraction of sp³-hybridized carbons (Fsp3) is 0.571. The van der Waals surface area contributed by atoms with Crippen molar-refractivity contribution in [3.05, 3.63) is 24.0 Å². The largest absolute Gasteiger partial charge is 0.480 e. The van der Waals surface area contributed by atoms with Gasteiger partial charge in [0.2, 0.25) is 0 Å². The molecule has 6 nitrogen and oxygen atoms in total. The molecule has 1 aromatic heterocycles. The quantitative estimate of drug-likeness (QED) is 0.863. The fourth-order valence-electron chi connectivity index (χ4n) is 2.70. The first kappa shape index (κ1) is 14.6. The van der Waals surface area contributed by atoms with Gasteiger partial charge in [-0.15, -0.1) is 0 Å². The van der Waals surface area contributed by atoms with Crippen molar-refractivity contribution in [2.24, 2.45) is 0 Å². The second-order valence-corrected chi connectivity index (χ2v) is 5.38. The summed E-state index contributed by atoms with van der Waals surface area (Å²) in [6.07, 6.45) is 3.89. The Morgan fingerprint density at radius 3 is 2.85 bits per heavy atom. The fourth-order valence-corrected chi connectivity index (χ4v) is 2.70. The molecule has 1 fully saturated rings. The van der Waals surface area contributed by atoms with Crippen LogP contribution >= 0.6 is 0 Å². The first-order valence-corrected chi connectivity index (χ1v) is 6.81. The van der Waals surface area contributed by atoms with Crippen molar-refractivity contribution in [2.75, 3.05) is 27.2 Å². The summed E-state index contributed by atoms with van der Waals surface area (Å²) in [7, 11) is 3.84. The maximum Gasteiger partial charge on any atom is 0.323 e. The van der Waals surface area contributed by atoms with Crippen molar-refractivity contribution in [1.29, 1.82) is 0 Å². The highest BCUT2D eigenvalue weighted by Crippen LogP contribution is 2.16. The third-order valence-corrected chi connectivity index (χ3v) is 3.86. The van der Waals surface area contributed by atoms with Gasteiger partial charge in [-0.3, -0.25) is 9.59 Å². The van der Waals surface area contributed by atoms with Gasteiger partial charge in [0.05, 0.1) is 0 Å². The van der Waals surface area contributed by atoms with E-state index in [-0.39, 0.29) is 12.5 Å². The van der Waals surface area contributed by atoms with E-state index in [0.717, 1.165) is 13.0 Å². The Morgan fingerprint density at radius 1 is 1.50 bits per heavy atom. The molecular weight excluding hydrogens is 258 g/mol. The van der Waals surface area contributed by atoms with Crippen LogP contribution in [0.4, 0.5) is 0 Å². The second-order valence-electron chi connectivity index (χ2n) is 5.38. The van der Waals surface area contributed by atoms with E-state index >= 15 is 0 Å². The highest BCUT2D eigenvalue weighted by molar-refractivity contribution is 5.93. The van der Waals surface area contributed by atoms with Gasteiger partial charge in [-0.2, -0.15) is 0 Å². The number of carbonyl (C=O) groups is 2. The molecule has 2 rings (SSSR count). The van der Waals surface area contributed by atoms with Crippen LogP contribution in [0, 0.1) is 0 Å². The number of aliphatic carboxylic acids is 1. The van der Waals surface area contributed by atoms with Crippen LogP contribution in [0.15, 0.2) is 18.3 Å². The average Bonchev–Trinajstić information content (AvgIpc) is 2.98. The molecule has 0 spiro atoms. The van der Waals surface area contributed by atoms with Crippen LogP contribution in [0.1, 0.15) is 23.3 Å². The molecule has 110 valence electrons. The molecule has 1 atom stereocenters. The summed E-state index contributed by atoms with van der Waals surface area (Å²) in [4.78, 5) is 27.1. The minimum atomic E-state index is -0.951. The predicted octanol–water partition coefficient (Wildman–Crippen LogP) is 0.739. The Labute approximate surface area is 118 Å². The van der Waals surface area contributed by atoms with Crippen LogP contribution in [0.3, 0.4) is 0 Å². The minimum absolute atomic E-state index is 0.128. The van der Waals surface area contributed by atoms with Crippen molar-refractivity contribution < 1.29 is 14.7 Å². The van der Waals surface area contributed by atoms with Gasteiger partial charge < -0.3 is 19.5 Å². The summed E-state index contributed by atoms with van der Waals surface area (Å²) < 4.78 is 1.47. The Morgan fingerprint density at radius 2 is 2.25 bits per heavy atom. The highest BCUT2D eigenvalue weighted by atomic mass is 16.4. The van der Waals surface area contributed by atoms with E-state index in [4.69, 9.17) is 5.11 Å². The van der Waals surface area contributed by atoms with Gasteiger partial charge in [0.15, 0.2) is 0 Å². The van der Waals surface area contributed by atoms with Crippen LogP contribution in [-0.2, 0) is 11.3 Å². The Hall–Kier alpha value is -1.82. The third-order valence-electron chi connectivity index (χ3n) is 3.86. The molecule has 1 aliphatic rings. The molecule has 6 heteroatoms. The topological polar surface area (TPSA) is 65.8 Å². The first-order chi connectivity index (χ1) is 9.49. The standard InChI is InChI=1S/C14H21N3O3/c1-15-7-3-5-11(15)9-16(2)14(20)12-6-4-8-17(12)10-13(18)19/h4,6,8,11H,3,5,7,9-10H2,1-2H3,(H,18,19). The molecule has 0 aliphatic carbocycles. The van der Waals surface area contributed by atoms with E-state index in [1.807, 2.05) is 0 Å². The van der Waals surface area contributed by atoms with Crippen molar-refractivity contribution in [3.8, 4) is 0 Å². The van der Waals surface area contributed by atoms with Crippen LogP contribution in [0.2, 0.25) is 0 Å². The number of likely N-dealkylation sites (N-methyl/N-ethyl adjacent to an activating group) is 2. The maximum atomic E-state index is 12.4. The molecule has 1 aliphatic heterocycles. The highest BCUT2D eigenvalue weighted by Gasteiger charge is 2.25. The molecule has 0 radical (unpaired) electrons. The van der Waals surface area contributed by atoms with E-state index < -0.39 is 5.97 Å². The molecule has 0 aromatic carbocycles. The SMILES string of the molecule is CN(CC1CCCN1C)C(=O)c1cccn1CC(=O)O.